The monoisotopic (exact) mass is 1420 g/mol. The van der Waals surface area contributed by atoms with Crippen LogP contribution in [0.3, 0.4) is 0 Å². The molecule has 0 saturated carbocycles. The number of unbranched alkanes of at least 4 members (excludes halogenated alkanes) is 48. The van der Waals surface area contributed by atoms with Gasteiger partial charge in [0, 0.05) is 25.7 Å². The van der Waals surface area contributed by atoms with Crippen LogP contribution in [0.15, 0.2) is 24.3 Å². The van der Waals surface area contributed by atoms with Crippen molar-refractivity contribution in [3.8, 4) is 0 Å². The Kier molecular flexibility index (Phi) is 70.1. The zero-order valence-corrected chi connectivity index (χ0v) is 64.3. The van der Waals surface area contributed by atoms with Gasteiger partial charge in [-0.1, -0.05) is 341 Å². The summed E-state index contributed by atoms with van der Waals surface area (Å²) in [6, 6.07) is 0. The molecule has 0 radical (unpaired) electrons. The van der Waals surface area contributed by atoms with Crippen LogP contribution in [0, 0.1) is 0 Å². The second-order valence-electron chi connectivity index (χ2n) is 27.4. The molecule has 17 nitrogen and oxygen atoms in total. The fourth-order valence-corrected chi connectivity index (χ4v) is 13.1. The van der Waals surface area contributed by atoms with Crippen molar-refractivity contribution >= 4 is 39.5 Å². The van der Waals surface area contributed by atoms with Crippen LogP contribution in [-0.2, 0) is 65.4 Å². The molecule has 0 saturated heterocycles. The number of carbonyl (C=O) groups excluding carboxylic acids is 4. The fourth-order valence-electron chi connectivity index (χ4n) is 11.6. The quantitative estimate of drug-likeness (QED) is 0.0169. The molecule has 0 aliphatic rings. The summed E-state index contributed by atoms with van der Waals surface area (Å²) in [6.07, 6.45) is 65.8. The Morgan fingerprint density at radius 2 is 0.495 bits per heavy atom. The van der Waals surface area contributed by atoms with Gasteiger partial charge in [-0.2, -0.15) is 0 Å². The number of rotatable bonds is 77. The van der Waals surface area contributed by atoms with Gasteiger partial charge in [-0.05, 0) is 51.4 Å². The summed E-state index contributed by atoms with van der Waals surface area (Å²) < 4.78 is 68.6. The lowest BCUT2D eigenvalue weighted by atomic mass is 10.0. The van der Waals surface area contributed by atoms with Crippen LogP contribution in [0.2, 0.25) is 0 Å². The van der Waals surface area contributed by atoms with E-state index < -0.39 is 97.5 Å². The summed E-state index contributed by atoms with van der Waals surface area (Å²) in [4.78, 5) is 72.9. The molecule has 2 unspecified atom stereocenters. The van der Waals surface area contributed by atoms with Crippen molar-refractivity contribution in [3.63, 3.8) is 0 Å². The van der Waals surface area contributed by atoms with Gasteiger partial charge in [0.05, 0.1) is 26.4 Å². The predicted octanol–water partition coefficient (Wildman–Crippen LogP) is 23.0. The number of aliphatic hydroxyl groups is 1. The zero-order chi connectivity index (χ0) is 71.1. The molecule has 0 rings (SSSR count). The van der Waals surface area contributed by atoms with Crippen molar-refractivity contribution < 1.29 is 80.2 Å². The van der Waals surface area contributed by atoms with Crippen LogP contribution in [-0.4, -0.2) is 96.7 Å². The van der Waals surface area contributed by atoms with E-state index in [9.17, 15) is 43.2 Å². The minimum atomic E-state index is -4.96. The number of allylic oxidation sites excluding steroid dienone is 4. The van der Waals surface area contributed by atoms with Gasteiger partial charge in [-0.25, -0.2) is 9.13 Å². The topological polar surface area (TPSA) is 237 Å². The average molecular weight is 1420 g/mol. The van der Waals surface area contributed by atoms with E-state index in [2.05, 4.69) is 52.0 Å². The highest BCUT2D eigenvalue weighted by molar-refractivity contribution is 7.47. The fraction of sp³-hybridized carbons (Fsp3) is 0.897. The molecular formula is C78H148O17P2. The third-order valence-corrected chi connectivity index (χ3v) is 19.6. The summed E-state index contributed by atoms with van der Waals surface area (Å²) in [6.45, 7) is 4.94. The van der Waals surface area contributed by atoms with Crippen molar-refractivity contribution in [2.24, 2.45) is 0 Å². The van der Waals surface area contributed by atoms with Gasteiger partial charge < -0.3 is 33.8 Å². The molecule has 0 amide bonds. The molecule has 572 valence electrons. The molecule has 0 spiro atoms. The highest BCUT2D eigenvalue weighted by Gasteiger charge is 2.30. The number of phosphoric ester groups is 2. The Morgan fingerprint density at radius 1 is 0.289 bits per heavy atom. The first-order chi connectivity index (χ1) is 47.2. The van der Waals surface area contributed by atoms with E-state index in [1.165, 1.54) is 205 Å². The smallest absolute Gasteiger partial charge is 0.462 e. The lowest BCUT2D eigenvalue weighted by Crippen LogP contribution is -2.30. The van der Waals surface area contributed by atoms with E-state index in [0.717, 1.165) is 109 Å². The lowest BCUT2D eigenvalue weighted by Gasteiger charge is -2.21. The van der Waals surface area contributed by atoms with E-state index in [1.54, 1.807) is 0 Å². The van der Waals surface area contributed by atoms with Crippen molar-refractivity contribution in [1.82, 2.24) is 0 Å². The highest BCUT2D eigenvalue weighted by atomic mass is 31.2. The Bertz CT molecular complexity index is 1940. The Morgan fingerprint density at radius 3 is 0.753 bits per heavy atom. The van der Waals surface area contributed by atoms with E-state index in [1.807, 2.05) is 0 Å². The largest absolute Gasteiger partial charge is 0.472 e. The van der Waals surface area contributed by atoms with Crippen LogP contribution >= 0.6 is 15.6 Å². The maximum absolute atomic E-state index is 13.1. The highest BCUT2D eigenvalue weighted by Crippen LogP contribution is 2.45. The average Bonchev–Trinajstić information content (AvgIpc) is 1.43. The number of esters is 4. The molecule has 0 aliphatic heterocycles. The van der Waals surface area contributed by atoms with E-state index in [-0.39, 0.29) is 25.7 Å². The number of phosphoric acid groups is 2. The van der Waals surface area contributed by atoms with E-state index in [0.29, 0.717) is 25.7 Å². The molecule has 5 atom stereocenters. The van der Waals surface area contributed by atoms with Crippen molar-refractivity contribution in [1.29, 1.82) is 0 Å². The zero-order valence-electron chi connectivity index (χ0n) is 62.5. The summed E-state index contributed by atoms with van der Waals surface area (Å²) in [7, 11) is -9.92. The Hall–Kier alpha value is -2.46. The Labute approximate surface area is 592 Å². The van der Waals surface area contributed by atoms with Gasteiger partial charge in [0.15, 0.2) is 12.2 Å². The van der Waals surface area contributed by atoms with Gasteiger partial charge in [-0.15, -0.1) is 0 Å². The van der Waals surface area contributed by atoms with Crippen molar-refractivity contribution in [2.45, 2.75) is 412 Å². The molecule has 0 aromatic carbocycles. The van der Waals surface area contributed by atoms with Crippen LogP contribution < -0.4 is 0 Å². The lowest BCUT2D eigenvalue weighted by molar-refractivity contribution is -0.161. The minimum absolute atomic E-state index is 0.102. The molecular weight excluding hydrogens is 1270 g/mol. The van der Waals surface area contributed by atoms with E-state index in [4.69, 9.17) is 37.0 Å². The van der Waals surface area contributed by atoms with E-state index >= 15 is 0 Å². The second-order valence-corrected chi connectivity index (χ2v) is 30.3. The molecule has 19 heteroatoms. The van der Waals surface area contributed by atoms with Gasteiger partial charge >= 0.3 is 39.5 Å². The molecule has 0 aromatic rings. The SMILES string of the molecule is CCCCCC/C=C\C=C/CCCCCCCC(=O)OC[C@H](COP(=O)(O)OC[C@@H](O)COP(=O)(O)OC[C@@H](COC(=O)CCCCCCCCCCCCC)OC(=O)CCCCCCCCCCCCCCCCC)OC(=O)CCCCCCCCCCCCCCCCCC. The van der Waals surface area contributed by atoms with Gasteiger partial charge in [0.2, 0.25) is 0 Å². The molecule has 0 aromatic heterocycles. The number of aliphatic hydroxyl groups excluding tert-OH is 1. The first-order valence-corrected chi connectivity index (χ1v) is 43.1. The van der Waals surface area contributed by atoms with Crippen LogP contribution in [0.25, 0.3) is 0 Å². The first-order valence-electron chi connectivity index (χ1n) is 40.1. The molecule has 0 aliphatic carbocycles. The maximum atomic E-state index is 13.1. The number of hydrogen-bond donors (Lipinski definition) is 3. The molecule has 0 bridgehead atoms. The molecule has 3 N–H and O–H groups in total. The summed E-state index contributed by atoms with van der Waals surface area (Å²) >= 11 is 0. The maximum Gasteiger partial charge on any atom is 0.472 e. The third-order valence-electron chi connectivity index (χ3n) is 17.7. The molecule has 0 fully saturated rings. The third kappa shape index (κ3) is 71.7. The molecule has 0 heterocycles. The first kappa shape index (κ1) is 94.5. The normalized spacial score (nSPS) is 14.0. The summed E-state index contributed by atoms with van der Waals surface area (Å²) in [5.41, 5.74) is 0. The number of carbonyl (C=O) groups is 4. The standard InChI is InChI=1S/C78H148O17P2/c1-5-9-13-17-21-25-29-32-35-38-41-45-49-53-57-61-65-78(83)95-74(69-89-76(81)63-59-55-51-47-43-39-36-33-30-26-22-18-14-10-6-2)71-93-97(86,87)91-67-72(79)66-90-96(84,85)92-70-73(68-88-75(80)62-58-54-50-46-42-28-24-20-16-12-8-4)94-77(82)64-60-56-52-48-44-40-37-34-31-27-23-19-15-11-7-3/h26,30,33,36,72-74,79H,5-25,27-29,31-32,34-35,37-71H2,1-4H3,(H,84,85)(H,86,87)/b30-26-,36-33-/t72-,73+,74+/m0/s1. The minimum Gasteiger partial charge on any atom is -0.462 e. The van der Waals surface area contributed by atoms with Crippen LogP contribution in [0.1, 0.15) is 394 Å². The Balaban J connectivity index is 5.29. The van der Waals surface area contributed by atoms with Gasteiger partial charge in [0.25, 0.3) is 0 Å². The second kappa shape index (κ2) is 71.9. The number of hydrogen-bond acceptors (Lipinski definition) is 15. The van der Waals surface area contributed by atoms with Gasteiger partial charge in [0.1, 0.15) is 19.3 Å². The van der Waals surface area contributed by atoms with Crippen LogP contribution in [0.5, 0.6) is 0 Å². The summed E-state index contributed by atoms with van der Waals surface area (Å²) in [5.74, 6) is -2.14. The molecule has 97 heavy (non-hydrogen) atoms. The van der Waals surface area contributed by atoms with Gasteiger partial charge in [-0.3, -0.25) is 37.3 Å². The van der Waals surface area contributed by atoms with Crippen molar-refractivity contribution in [3.05, 3.63) is 24.3 Å². The van der Waals surface area contributed by atoms with Crippen LogP contribution in [0.4, 0.5) is 0 Å². The predicted molar refractivity (Wildman–Crippen MR) is 395 cm³/mol. The van der Waals surface area contributed by atoms with Crippen molar-refractivity contribution in [2.75, 3.05) is 39.6 Å². The summed E-state index contributed by atoms with van der Waals surface area (Å²) in [5, 5.41) is 10.6. The number of ether oxygens (including phenoxy) is 4.